The number of ether oxygens (including phenoxy) is 3. The van der Waals surface area contributed by atoms with Crippen LogP contribution in [0, 0.1) is 0 Å². The maximum Gasteiger partial charge on any atom is 0.306 e. The Morgan fingerprint density at radius 3 is 1.14 bits per heavy atom. The lowest BCUT2D eigenvalue weighted by molar-refractivity contribution is -0.163. The van der Waals surface area contributed by atoms with Crippen LogP contribution in [0.15, 0.2) is 48.6 Å². The maximum atomic E-state index is 12.8. The number of carbonyl (C=O) groups excluding carboxylic acids is 2. The van der Waals surface area contributed by atoms with E-state index in [4.69, 9.17) is 14.2 Å². The number of unbranched alkanes of at least 4 members (excludes halogenated alkanes) is 33. The van der Waals surface area contributed by atoms with Gasteiger partial charge < -0.3 is 14.2 Å². The summed E-state index contributed by atoms with van der Waals surface area (Å²) in [6.07, 6.45) is 68.4. The van der Waals surface area contributed by atoms with Gasteiger partial charge >= 0.3 is 11.9 Å². The molecule has 0 spiro atoms. The van der Waals surface area contributed by atoms with Crippen LogP contribution >= 0.6 is 0 Å². The van der Waals surface area contributed by atoms with Crippen molar-refractivity contribution in [2.24, 2.45) is 0 Å². The van der Waals surface area contributed by atoms with E-state index in [9.17, 15) is 9.59 Å². The standard InChI is InChI=1S/C59H108O5/c1-4-7-10-13-16-19-22-25-28-30-32-34-37-40-43-46-49-52-58(60)63-56-57(55-62-54-51-48-45-42-39-36-33-29-26-23-20-17-14-11-8-5-2)64-59(61)53-50-47-44-41-38-35-31-27-24-21-18-15-12-9-6-3/h9,12,18,21,26-27,29,31,57H,4-8,10-11,13-17,19-20,22-25,28,30,32-56H2,1-3H3/b12-9-,21-18-,29-26-,31-27-. The van der Waals surface area contributed by atoms with Crippen molar-refractivity contribution in [1.29, 1.82) is 0 Å². The van der Waals surface area contributed by atoms with Gasteiger partial charge in [0.25, 0.3) is 0 Å². The number of rotatable bonds is 52. The fourth-order valence-corrected chi connectivity index (χ4v) is 8.17. The van der Waals surface area contributed by atoms with Gasteiger partial charge in [-0.15, -0.1) is 0 Å². The Labute approximate surface area is 399 Å². The molecule has 1 unspecified atom stereocenters. The van der Waals surface area contributed by atoms with Crippen LogP contribution in [0.4, 0.5) is 0 Å². The first-order valence-corrected chi connectivity index (χ1v) is 28.2. The lowest BCUT2D eigenvalue weighted by atomic mass is 10.0. The van der Waals surface area contributed by atoms with Gasteiger partial charge in [-0.25, -0.2) is 0 Å². The molecule has 0 N–H and O–H groups in total. The fourth-order valence-electron chi connectivity index (χ4n) is 8.17. The average Bonchev–Trinajstić information content (AvgIpc) is 3.30. The van der Waals surface area contributed by atoms with Gasteiger partial charge in [0, 0.05) is 19.4 Å². The minimum atomic E-state index is -0.546. The highest BCUT2D eigenvalue weighted by atomic mass is 16.6. The molecule has 0 aromatic heterocycles. The Balaban J connectivity index is 4.27. The minimum Gasteiger partial charge on any atom is -0.462 e. The van der Waals surface area contributed by atoms with Gasteiger partial charge in [0.2, 0.25) is 0 Å². The molecule has 0 aliphatic rings. The highest BCUT2D eigenvalue weighted by Crippen LogP contribution is 2.16. The van der Waals surface area contributed by atoms with Crippen molar-refractivity contribution < 1.29 is 23.8 Å². The summed E-state index contributed by atoms with van der Waals surface area (Å²) in [5.74, 6) is -0.405. The predicted octanol–water partition coefficient (Wildman–Crippen LogP) is 19.1. The highest BCUT2D eigenvalue weighted by Gasteiger charge is 2.17. The zero-order valence-electron chi connectivity index (χ0n) is 43.1. The number of hydrogen-bond donors (Lipinski definition) is 0. The van der Waals surface area contributed by atoms with Gasteiger partial charge in [0.1, 0.15) is 6.61 Å². The van der Waals surface area contributed by atoms with Crippen LogP contribution in [0.5, 0.6) is 0 Å². The first-order valence-electron chi connectivity index (χ1n) is 28.2. The highest BCUT2D eigenvalue weighted by molar-refractivity contribution is 5.70. The van der Waals surface area contributed by atoms with Crippen molar-refractivity contribution in [3.8, 4) is 0 Å². The molecule has 374 valence electrons. The molecule has 0 radical (unpaired) electrons. The van der Waals surface area contributed by atoms with Gasteiger partial charge in [-0.3, -0.25) is 9.59 Å². The Morgan fingerprint density at radius 1 is 0.359 bits per heavy atom. The summed E-state index contributed by atoms with van der Waals surface area (Å²) in [5, 5.41) is 0. The van der Waals surface area contributed by atoms with E-state index in [0.717, 1.165) is 70.6 Å². The number of esters is 2. The van der Waals surface area contributed by atoms with E-state index in [1.165, 1.54) is 186 Å². The monoisotopic (exact) mass is 897 g/mol. The Kier molecular flexibility index (Phi) is 53.3. The molecule has 5 heteroatoms. The first kappa shape index (κ1) is 61.9. The largest absolute Gasteiger partial charge is 0.462 e. The molecule has 0 rings (SSSR count). The van der Waals surface area contributed by atoms with E-state index in [1.54, 1.807) is 0 Å². The van der Waals surface area contributed by atoms with Crippen LogP contribution in [0.25, 0.3) is 0 Å². The summed E-state index contributed by atoms with van der Waals surface area (Å²) in [5.41, 5.74) is 0. The van der Waals surface area contributed by atoms with E-state index < -0.39 is 6.10 Å². The number of hydrogen-bond acceptors (Lipinski definition) is 5. The normalized spacial score (nSPS) is 12.5. The summed E-state index contributed by atoms with van der Waals surface area (Å²) >= 11 is 0. The minimum absolute atomic E-state index is 0.0795. The molecule has 0 heterocycles. The SMILES string of the molecule is CC/C=C\C/C=C\C/C=C\CCCCCCCC(=O)OC(COCCCCCCCC/C=C\CCCCCCCC)COC(=O)CCCCCCCCCCCCCCCCCCC. The van der Waals surface area contributed by atoms with Crippen molar-refractivity contribution in [2.75, 3.05) is 19.8 Å². The molecule has 0 bridgehead atoms. The number of carbonyl (C=O) groups is 2. The lowest BCUT2D eigenvalue weighted by Gasteiger charge is -2.18. The molecule has 0 aromatic rings. The van der Waals surface area contributed by atoms with Crippen LogP contribution < -0.4 is 0 Å². The molecular formula is C59H108O5. The van der Waals surface area contributed by atoms with Crippen LogP contribution in [-0.2, 0) is 23.8 Å². The zero-order chi connectivity index (χ0) is 46.3. The van der Waals surface area contributed by atoms with Crippen molar-refractivity contribution in [3.05, 3.63) is 48.6 Å². The Morgan fingerprint density at radius 2 is 0.703 bits per heavy atom. The van der Waals surface area contributed by atoms with Gasteiger partial charge in [0.15, 0.2) is 6.10 Å². The third-order valence-electron chi connectivity index (χ3n) is 12.3. The van der Waals surface area contributed by atoms with E-state index >= 15 is 0 Å². The van der Waals surface area contributed by atoms with Gasteiger partial charge in [0.05, 0.1) is 6.61 Å². The third kappa shape index (κ3) is 52.5. The molecular weight excluding hydrogens is 789 g/mol. The van der Waals surface area contributed by atoms with E-state index in [0.29, 0.717) is 19.4 Å². The second-order valence-corrected chi connectivity index (χ2v) is 18.8. The topological polar surface area (TPSA) is 61.8 Å². The molecule has 0 aromatic carbocycles. The molecule has 0 fully saturated rings. The molecule has 0 aliphatic carbocycles. The molecule has 5 nitrogen and oxygen atoms in total. The molecule has 0 aliphatic heterocycles. The van der Waals surface area contributed by atoms with E-state index in [1.807, 2.05) is 0 Å². The van der Waals surface area contributed by atoms with Crippen molar-refractivity contribution >= 4 is 11.9 Å². The molecule has 64 heavy (non-hydrogen) atoms. The fraction of sp³-hybridized carbons (Fsp3) is 0.831. The van der Waals surface area contributed by atoms with Gasteiger partial charge in [-0.05, 0) is 77.0 Å². The van der Waals surface area contributed by atoms with Gasteiger partial charge in [-0.1, -0.05) is 249 Å². The average molecular weight is 898 g/mol. The van der Waals surface area contributed by atoms with Crippen LogP contribution in [-0.4, -0.2) is 37.9 Å². The summed E-state index contributed by atoms with van der Waals surface area (Å²) in [7, 11) is 0. The van der Waals surface area contributed by atoms with Crippen LogP contribution in [0.2, 0.25) is 0 Å². The summed E-state index contributed by atoms with van der Waals surface area (Å²) in [6, 6.07) is 0. The van der Waals surface area contributed by atoms with Crippen molar-refractivity contribution in [2.45, 2.75) is 297 Å². The molecule has 0 saturated carbocycles. The molecule has 1 atom stereocenters. The summed E-state index contributed by atoms with van der Waals surface area (Å²) < 4.78 is 17.5. The van der Waals surface area contributed by atoms with Gasteiger partial charge in [-0.2, -0.15) is 0 Å². The van der Waals surface area contributed by atoms with E-state index in [2.05, 4.69) is 69.4 Å². The summed E-state index contributed by atoms with van der Waals surface area (Å²) in [6.45, 7) is 7.73. The second-order valence-electron chi connectivity index (χ2n) is 18.8. The summed E-state index contributed by atoms with van der Waals surface area (Å²) in [4.78, 5) is 25.5. The second kappa shape index (κ2) is 55.2. The molecule has 0 saturated heterocycles. The van der Waals surface area contributed by atoms with Crippen molar-refractivity contribution in [3.63, 3.8) is 0 Å². The quantitative estimate of drug-likeness (QED) is 0.0346. The Bertz CT molecular complexity index is 1060. The number of allylic oxidation sites excluding steroid dienone is 8. The smallest absolute Gasteiger partial charge is 0.306 e. The van der Waals surface area contributed by atoms with Crippen LogP contribution in [0.3, 0.4) is 0 Å². The third-order valence-corrected chi connectivity index (χ3v) is 12.3. The molecule has 0 amide bonds. The van der Waals surface area contributed by atoms with Crippen LogP contribution in [0.1, 0.15) is 290 Å². The van der Waals surface area contributed by atoms with E-state index in [-0.39, 0.29) is 25.2 Å². The Hall–Kier alpha value is -2.14. The van der Waals surface area contributed by atoms with Crippen molar-refractivity contribution in [1.82, 2.24) is 0 Å². The first-order chi connectivity index (χ1) is 31.6. The predicted molar refractivity (Wildman–Crippen MR) is 279 cm³/mol. The maximum absolute atomic E-state index is 12.8. The lowest BCUT2D eigenvalue weighted by Crippen LogP contribution is -2.30. The zero-order valence-corrected chi connectivity index (χ0v) is 43.1.